The molecule has 188 valence electrons. The molecule has 0 saturated heterocycles. The summed E-state index contributed by atoms with van der Waals surface area (Å²) in [5.41, 5.74) is 2.88. The number of esters is 1. The number of hydrogen-bond donors (Lipinski definition) is 2. The van der Waals surface area contributed by atoms with E-state index in [4.69, 9.17) is 4.74 Å². The van der Waals surface area contributed by atoms with Gasteiger partial charge in [0.1, 0.15) is 5.82 Å². The molecule has 0 aliphatic heterocycles. The van der Waals surface area contributed by atoms with E-state index in [1.165, 1.54) is 49.6 Å². The van der Waals surface area contributed by atoms with Crippen molar-refractivity contribution >= 4 is 23.5 Å². The average Bonchev–Trinajstić information content (AvgIpc) is 2.90. The second-order valence-corrected chi connectivity index (χ2v) is 8.16. The van der Waals surface area contributed by atoms with Crippen LogP contribution in [-0.4, -0.2) is 42.9 Å². The lowest BCUT2D eigenvalue weighted by atomic mass is 10.1. The number of carbonyl (C=O) groups is 3. The van der Waals surface area contributed by atoms with Crippen LogP contribution in [0.5, 0.6) is 0 Å². The van der Waals surface area contributed by atoms with Gasteiger partial charge in [0.15, 0.2) is 0 Å². The van der Waals surface area contributed by atoms with Crippen molar-refractivity contribution in [1.29, 1.82) is 0 Å². The minimum Gasteiger partial charge on any atom is -0.465 e. The molecular weight excluding hydrogens is 461 g/mol. The highest BCUT2D eigenvalue weighted by Crippen LogP contribution is 2.18. The predicted octanol–water partition coefficient (Wildman–Crippen LogP) is 4.64. The van der Waals surface area contributed by atoms with E-state index in [0.717, 1.165) is 30.8 Å². The lowest BCUT2D eigenvalue weighted by Gasteiger charge is -2.20. The highest BCUT2D eigenvalue weighted by molar-refractivity contribution is 6.06. The van der Waals surface area contributed by atoms with Gasteiger partial charge in [-0.05, 0) is 66.7 Å². The zero-order valence-electron chi connectivity index (χ0n) is 20.6. The summed E-state index contributed by atoms with van der Waals surface area (Å²) in [6.07, 6.45) is 0. The van der Waals surface area contributed by atoms with E-state index >= 15 is 0 Å². The van der Waals surface area contributed by atoms with Crippen molar-refractivity contribution in [1.82, 2.24) is 10.2 Å². The largest absolute Gasteiger partial charge is 0.465 e. The van der Waals surface area contributed by atoms with Gasteiger partial charge in [0.05, 0.1) is 12.7 Å². The van der Waals surface area contributed by atoms with Gasteiger partial charge in [-0.3, -0.25) is 14.5 Å². The molecule has 0 aromatic heterocycles. The lowest BCUT2D eigenvalue weighted by Crippen LogP contribution is -2.26. The van der Waals surface area contributed by atoms with Gasteiger partial charge in [-0.15, -0.1) is 0 Å². The van der Waals surface area contributed by atoms with Gasteiger partial charge in [-0.25, -0.2) is 9.18 Å². The molecule has 0 heterocycles. The number of rotatable bonds is 10. The minimum atomic E-state index is -0.647. The van der Waals surface area contributed by atoms with Gasteiger partial charge in [0, 0.05) is 29.9 Å². The third-order valence-electron chi connectivity index (χ3n) is 5.83. The normalized spacial score (nSPS) is 10.7. The third-order valence-corrected chi connectivity index (χ3v) is 5.83. The average molecular weight is 492 g/mol. The molecular formula is C28H30FN3O4. The Morgan fingerprint density at radius 2 is 1.47 bits per heavy atom. The van der Waals surface area contributed by atoms with Crippen LogP contribution >= 0.6 is 0 Å². The third kappa shape index (κ3) is 6.99. The standard InChI is InChI=1S/C28H30FN3O4/c1-4-32(5-2)18-21-9-7-6-8-20(21)17-30-26(33)22-14-23(28(35)36-3)16-25(15-22)31-27(34)19-10-12-24(29)13-11-19/h6-16H,4-5,17-18H2,1-3H3,(H,30,33)(H,31,34). The summed E-state index contributed by atoms with van der Waals surface area (Å²) in [5, 5.41) is 5.56. The first kappa shape index (κ1) is 26.6. The second-order valence-electron chi connectivity index (χ2n) is 8.16. The summed E-state index contributed by atoms with van der Waals surface area (Å²) in [6.45, 7) is 7.13. The summed E-state index contributed by atoms with van der Waals surface area (Å²) >= 11 is 0. The Morgan fingerprint density at radius 3 is 2.11 bits per heavy atom. The van der Waals surface area contributed by atoms with E-state index in [1.807, 2.05) is 24.3 Å². The molecule has 0 aliphatic rings. The summed E-state index contributed by atoms with van der Waals surface area (Å²) in [4.78, 5) is 40.1. The molecule has 0 radical (unpaired) electrons. The van der Waals surface area contributed by atoms with Crippen LogP contribution in [0.1, 0.15) is 56.0 Å². The Kier molecular flexibility index (Phi) is 9.30. The van der Waals surface area contributed by atoms with E-state index < -0.39 is 23.6 Å². The topological polar surface area (TPSA) is 87.7 Å². The van der Waals surface area contributed by atoms with Crippen LogP contribution < -0.4 is 10.6 Å². The van der Waals surface area contributed by atoms with Crippen molar-refractivity contribution in [2.75, 3.05) is 25.5 Å². The van der Waals surface area contributed by atoms with Crippen molar-refractivity contribution in [3.05, 3.63) is 100 Å². The highest BCUT2D eigenvalue weighted by atomic mass is 19.1. The molecule has 36 heavy (non-hydrogen) atoms. The van der Waals surface area contributed by atoms with Crippen molar-refractivity contribution in [3.8, 4) is 0 Å². The summed E-state index contributed by atoms with van der Waals surface area (Å²) in [6, 6.07) is 17.3. The number of benzene rings is 3. The minimum absolute atomic E-state index is 0.112. The molecule has 0 saturated carbocycles. The van der Waals surface area contributed by atoms with E-state index in [0.29, 0.717) is 6.54 Å². The van der Waals surface area contributed by atoms with Gasteiger partial charge in [-0.2, -0.15) is 0 Å². The molecule has 7 nitrogen and oxygen atoms in total. The number of ether oxygens (including phenoxy) is 1. The molecule has 3 aromatic rings. The number of nitrogens with zero attached hydrogens (tertiary/aromatic N) is 1. The quantitative estimate of drug-likeness (QED) is 0.404. The predicted molar refractivity (Wildman–Crippen MR) is 136 cm³/mol. The Morgan fingerprint density at radius 1 is 0.833 bits per heavy atom. The molecule has 3 rings (SSSR count). The van der Waals surface area contributed by atoms with Crippen LogP contribution in [0, 0.1) is 5.82 Å². The van der Waals surface area contributed by atoms with Gasteiger partial charge in [0.25, 0.3) is 11.8 Å². The van der Waals surface area contributed by atoms with Crippen molar-refractivity contribution < 1.29 is 23.5 Å². The molecule has 2 N–H and O–H groups in total. The molecule has 0 atom stereocenters. The number of nitrogens with one attached hydrogen (secondary N) is 2. The SMILES string of the molecule is CCN(CC)Cc1ccccc1CNC(=O)c1cc(NC(=O)c2ccc(F)cc2)cc(C(=O)OC)c1. The molecule has 3 aromatic carbocycles. The van der Waals surface area contributed by atoms with Crippen LogP contribution in [0.15, 0.2) is 66.7 Å². The molecule has 8 heteroatoms. The number of hydrogen-bond acceptors (Lipinski definition) is 5. The molecule has 2 amide bonds. The summed E-state index contributed by atoms with van der Waals surface area (Å²) in [5.74, 6) is -2.02. The number of carbonyl (C=O) groups excluding carboxylic acids is 3. The Bertz CT molecular complexity index is 1220. The van der Waals surface area contributed by atoms with E-state index in [2.05, 4.69) is 29.4 Å². The monoisotopic (exact) mass is 491 g/mol. The second kappa shape index (κ2) is 12.6. The fourth-order valence-corrected chi connectivity index (χ4v) is 3.72. The van der Waals surface area contributed by atoms with Crippen LogP contribution in [-0.2, 0) is 17.8 Å². The van der Waals surface area contributed by atoms with Crippen molar-refractivity contribution in [2.45, 2.75) is 26.9 Å². The van der Waals surface area contributed by atoms with Crippen molar-refractivity contribution in [2.24, 2.45) is 0 Å². The van der Waals surface area contributed by atoms with Crippen LogP contribution in [0.2, 0.25) is 0 Å². The first-order valence-electron chi connectivity index (χ1n) is 11.7. The zero-order chi connectivity index (χ0) is 26.1. The summed E-state index contributed by atoms with van der Waals surface area (Å²) in [7, 11) is 1.23. The van der Waals surface area contributed by atoms with Gasteiger partial charge in [-0.1, -0.05) is 38.1 Å². The first-order chi connectivity index (χ1) is 17.3. The Hall–Kier alpha value is -4.04. The number of methoxy groups -OCH3 is 1. The molecule has 0 fully saturated rings. The number of amides is 2. The maximum Gasteiger partial charge on any atom is 0.337 e. The maximum absolute atomic E-state index is 13.2. The van der Waals surface area contributed by atoms with Crippen molar-refractivity contribution in [3.63, 3.8) is 0 Å². The lowest BCUT2D eigenvalue weighted by molar-refractivity contribution is 0.0600. The fourth-order valence-electron chi connectivity index (χ4n) is 3.72. The van der Waals surface area contributed by atoms with Crippen LogP contribution in [0.25, 0.3) is 0 Å². The van der Waals surface area contributed by atoms with Gasteiger partial charge in [0.2, 0.25) is 0 Å². The van der Waals surface area contributed by atoms with Crippen LogP contribution in [0.4, 0.5) is 10.1 Å². The highest BCUT2D eigenvalue weighted by Gasteiger charge is 2.16. The Balaban J connectivity index is 1.80. The van der Waals surface area contributed by atoms with E-state index in [1.54, 1.807) is 0 Å². The molecule has 0 bridgehead atoms. The zero-order valence-corrected chi connectivity index (χ0v) is 20.6. The molecule has 0 unspecified atom stereocenters. The smallest absolute Gasteiger partial charge is 0.337 e. The van der Waals surface area contributed by atoms with Gasteiger partial charge < -0.3 is 15.4 Å². The van der Waals surface area contributed by atoms with E-state index in [-0.39, 0.29) is 22.4 Å². The fraction of sp³-hybridized carbons (Fsp3) is 0.250. The molecule has 0 aliphatic carbocycles. The maximum atomic E-state index is 13.2. The Labute approximate surface area is 210 Å². The van der Waals surface area contributed by atoms with Crippen LogP contribution in [0.3, 0.4) is 0 Å². The first-order valence-corrected chi connectivity index (χ1v) is 11.7. The van der Waals surface area contributed by atoms with Gasteiger partial charge >= 0.3 is 5.97 Å². The number of anilines is 1. The number of halogens is 1. The molecule has 0 spiro atoms. The summed E-state index contributed by atoms with van der Waals surface area (Å²) < 4.78 is 18.0. The van der Waals surface area contributed by atoms with E-state index in [9.17, 15) is 18.8 Å².